The zero-order valence-electron chi connectivity index (χ0n) is 14.0. The Hall–Kier alpha value is -3.74. The van der Waals surface area contributed by atoms with Gasteiger partial charge in [0.1, 0.15) is 18.1 Å². The highest BCUT2D eigenvalue weighted by Gasteiger charge is 2.17. The second-order valence-electron chi connectivity index (χ2n) is 5.63. The van der Waals surface area contributed by atoms with E-state index in [0.717, 1.165) is 5.56 Å². The van der Waals surface area contributed by atoms with E-state index in [1.54, 1.807) is 18.2 Å². The van der Waals surface area contributed by atoms with Crippen LogP contribution in [0.4, 0.5) is 4.39 Å². The molecule has 2 heterocycles. The first-order valence-corrected chi connectivity index (χ1v) is 8.09. The van der Waals surface area contributed by atoms with Crippen molar-refractivity contribution in [2.24, 2.45) is 0 Å². The van der Waals surface area contributed by atoms with Gasteiger partial charge in [0.2, 0.25) is 0 Å². The summed E-state index contributed by atoms with van der Waals surface area (Å²) < 4.78 is 29.4. The fourth-order valence-electron chi connectivity index (χ4n) is 2.47. The Kier molecular flexibility index (Phi) is 4.49. The number of carbonyl (C=O) groups excluding carboxylic acids is 1. The molecule has 0 amide bonds. The summed E-state index contributed by atoms with van der Waals surface area (Å²) in [6.45, 7) is -0.153. The van der Waals surface area contributed by atoms with Gasteiger partial charge in [-0.1, -0.05) is 47.6 Å². The van der Waals surface area contributed by atoms with Gasteiger partial charge in [0.15, 0.2) is 11.5 Å². The Morgan fingerprint density at radius 1 is 1.04 bits per heavy atom. The lowest BCUT2D eigenvalue weighted by molar-refractivity contribution is 0.0419. The summed E-state index contributed by atoms with van der Waals surface area (Å²) in [6.07, 6.45) is 1.46. The third-order valence-electron chi connectivity index (χ3n) is 3.79. The Morgan fingerprint density at radius 3 is 2.63 bits per heavy atom. The minimum Gasteiger partial charge on any atom is -0.452 e. The zero-order valence-corrected chi connectivity index (χ0v) is 14.0. The SMILES string of the molecule is O=C(OCc1cc(-c2ccccc2F)on1)c1ncc(-c2ccccc2)o1. The molecule has 7 heteroatoms. The van der Waals surface area contributed by atoms with Gasteiger partial charge in [-0.05, 0) is 12.1 Å². The molecule has 0 saturated heterocycles. The van der Waals surface area contributed by atoms with Gasteiger partial charge in [0, 0.05) is 11.6 Å². The van der Waals surface area contributed by atoms with Crippen molar-refractivity contribution >= 4 is 5.97 Å². The zero-order chi connectivity index (χ0) is 18.6. The molecule has 0 saturated carbocycles. The summed E-state index contributed by atoms with van der Waals surface area (Å²) >= 11 is 0. The van der Waals surface area contributed by atoms with E-state index in [2.05, 4.69) is 10.1 Å². The lowest BCUT2D eigenvalue weighted by atomic mass is 10.1. The molecule has 0 aliphatic rings. The fourth-order valence-corrected chi connectivity index (χ4v) is 2.47. The number of oxazole rings is 1. The number of hydrogen-bond acceptors (Lipinski definition) is 6. The summed E-state index contributed by atoms with van der Waals surface area (Å²) in [5.41, 5.74) is 1.43. The lowest BCUT2D eigenvalue weighted by Crippen LogP contribution is -2.05. The molecule has 6 nitrogen and oxygen atoms in total. The molecule has 27 heavy (non-hydrogen) atoms. The quantitative estimate of drug-likeness (QED) is 0.486. The molecule has 4 rings (SSSR count). The van der Waals surface area contributed by atoms with Crippen molar-refractivity contribution in [2.45, 2.75) is 6.61 Å². The van der Waals surface area contributed by atoms with E-state index in [4.69, 9.17) is 13.7 Å². The first-order chi connectivity index (χ1) is 13.2. The molecule has 0 atom stereocenters. The van der Waals surface area contributed by atoms with Gasteiger partial charge in [-0.2, -0.15) is 0 Å². The molecule has 0 aliphatic carbocycles. The Balaban J connectivity index is 1.42. The van der Waals surface area contributed by atoms with Crippen molar-refractivity contribution in [3.8, 4) is 22.6 Å². The van der Waals surface area contributed by atoms with E-state index in [-0.39, 0.29) is 23.8 Å². The van der Waals surface area contributed by atoms with Crippen LogP contribution in [-0.2, 0) is 11.3 Å². The van der Waals surface area contributed by atoms with E-state index in [0.29, 0.717) is 11.5 Å². The molecule has 0 N–H and O–H groups in total. The summed E-state index contributed by atoms with van der Waals surface area (Å²) in [6, 6.07) is 16.9. The minimum absolute atomic E-state index is 0.153. The minimum atomic E-state index is -0.729. The Morgan fingerprint density at radius 2 is 1.81 bits per heavy atom. The lowest BCUT2D eigenvalue weighted by Gasteiger charge is -1.98. The monoisotopic (exact) mass is 364 g/mol. The van der Waals surface area contributed by atoms with Crippen LogP contribution in [-0.4, -0.2) is 16.1 Å². The first-order valence-electron chi connectivity index (χ1n) is 8.09. The van der Waals surface area contributed by atoms with Crippen LogP contribution in [0.3, 0.4) is 0 Å². The number of rotatable bonds is 5. The first kappa shape index (κ1) is 16.7. The van der Waals surface area contributed by atoms with Gasteiger partial charge in [-0.3, -0.25) is 0 Å². The molecular formula is C20H13FN2O4. The highest BCUT2D eigenvalue weighted by Crippen LogP contribution is 2.24. The predicted molar refractivity (Wildman–Crippen MR) is 93.0 cm³/mol. The number of benzene rings is 2. The third-order valence-corrected chi connectivity index (χ3v) is 3.79. The van der Waals surface area contributed by atoms with E-state index in [1.165, 1.54) is 18.3 Å². The fraction of sp³-hybridized carbons (Fsp3) is 0.0500. The van der Waals surface area contributed by atoms with Gasteiger partial charge in [0.25, 0.3) is 0 Å². The van der Waals surface area contributed by atoms with Crippen LogP contribution in [0.15, 0.2) is 75.8 Å². The average Bonchev–Trinajstić information content (AvgIpc) is 3.37. The van der Waals surface area contributed by atoms with Gasteiger partial charge in [-0.15, -0.1) is 0 Å². The average molecular weight is 364 g/mol. The van der Waals surface area contributed by atoms with E-state index in [1.807, 2.05) is 30.3 Å². The third kappa shape index (κ3) is 3.62. The molecule has 0 aliphatic heterocycles. The van der Waals surface area contributed by atoms with Gasteiger partial charge in [-0.25, -0.2) is 14.2 Å². The predicted octanol–water partition coefficient (Wildman–Crippen LogP) is 4.49. The van der Waals surface area contributed by atoms with Crippen molar-refractivity contribution in [2.75, 3.05) is 0 Å². The van der Waals surface area contributed by atoms with Gasteiger partial charge < -0.3 is 13.7 Å². The van der Waals surface area contributed by atoms with Crippen LogP contribution in [0.5, 0.6) is 0 Å². The summed E-state index contributed by atoms with van der Waals surface area (Å²) in [7, 11) is 0. The number of aromatic nitrogens is 2. The maximum Gasteiger partial charge on any atom is 0.395 e. The summed E-state index contributed by atoms with van der Waals surface area (Å²) in [4.78, 5) is 16.0. The van der Waals surface area contributed by atoms with Crippen LogP contribution in [0.1, 0.15) is 16.4 Å². The number of esters is 1. The second kappa shape index (κ2) is 7.25. The molecule has 4 aromatic rings. The molecule has 0 bridgehead atoms. The maximum atomic E-state index is 13.8. The number of nitrogens with zero attached hydrogens (tertiary/aromatic N) is 2. The van der Waals surface area contributed by atoms with Crippen LogP contribution >= 0.6 is 0 Å². The molecule has 134 valence electrons. The number of ether oxygens (including phenoxy) is 1. The van der Waals surface area contributed by atoms with Crippen molar-refractivity contribution in [3.63, 3.8) is 0 Å². The molecule has 0 spiro atoms. The van der Waals surface area contributed by atoms with Crippen LogP contribution in [0.2, 0.25) is 0 Å². The highest BCUT2D eigenvalue weighted by atomic mass is 19.1. The highest BCUT2D eigenvalue weighted by molar-refractivity contribution is 5.84. The van der Waals surface area contributed by atoms with Crippen molar-refractivity contribution in [1.82, 2.24) is 10.1 Å². The second-order valence-corrected chi connectivity index (χ2v) is 5.63. The molecule has 2 aromatic carbocycles. The smallest absolute Gasteiger partial charge is 0.395 e. The normalized spacial score (nSPS) is 10.7. The van der Waals surface area contributed by atoms with E-state index < -0.39 is 11.8 Å². The van der Waals surface area contributed by atoms with Crippen molar-refractivity contribution in [1.29, 1.82) is 0 Å². The number of carbonyl (C=O) groups is 1. The van der Waals surface area contributed by atoms with Gasteiger partial charge >= 0.3 is 11.9 Å². The Labute approximate surface area is 153 Å². The summed E-state index contributed by atoms with van der Waals surface area (Å²) in [5, 5.41) is 3.78. The molecule has 0 fully saturated rings. The Bertz CT molecular complexity index is 1070. The maximum absolute atomic E-state index is 13.8. The summed E-state index contributed by atoms with van der Waals surface area (Å²) in [5.74, 6) is -0.600. The molecule has 0 radical (unpaired) electrons. The standard InChI is InChI=1S/C20H13FN2O4/c21-16-9-5-4-8-15(16)17-10-14(23-27-17)12-25-20(24)19-22-11-18(26-19)13-6-2-1-3-7-13/h1-11H,12H2. The topological polar surface area (TPSA) is 78.4 Å². The molecule has 0 unspecified atom stereocenters. The van der Waals surface area contributed by atoms with Crippen molar-refractivity contribution in [3.05, 3.63) is 84.3 Å². The largest absolute Gasteiger partial charge is 0.452 e. The van der Waals surface area contributed by atoms with Crippen molar-refractivity contribution < 1.29 is 22.9 Å². The van der Waals surface area contributed by atoms with Crippen LogP contribution in [0.25, 0.3) is 22.6 Å². The van der Waals surface area contributed by atoms with Gasteiger partial charge in [0.05, 0.1) is 11.8 Å². The molecular weight excluding hydrogens is 351 g/mol. The van der Waals surface area contributed by atoms with Crippen LogP contribution in [0, 0.1) is 5.82 Å². The molecule has 2 aromatic heterocycles. The number of hydrogen-bond donors (Lipinski definition) is 0. The van der Waals surface area contributed by atoms with E-state index in [9.17, 15) is 9.18 Å². The van der Waals surface area contributed by atoms with E-state index >= 15 is 0 Å². The van der Waals surface area contributed by atoms with Crippen LogP contribution < -0.4 is 0 Å². The number of halogens is 1.